The number of nitrogens with one attached hydrogen (secondary N) is 1. The highest BCUT2D eigenvalue weighted by molar-refractivity contribution is 5.75. The van der Waals surface area contributed by atoms with Crippen molar-refractivity contribution in [1.29, 1.82) is 0 Å². The Bertz CT molecular complexity index is 690. The highest BCUT2D eigenvalue weighted by Crippen LogP contribution is 2.19. The Balaban J connectivity index is 1.54. The summed E-state index contributed by atoms with van der Waals surface area (Å²) in [6.07, 6.45) is 2.48. The summed E-state index contributed by atoms with van der Waals surface area (Å²) < 4.78 is 5.39. The largest absolute Gasteiger partial charge is 0.353 e. The molecular formula is C18H24N4O2. The summed E-state index contributed by atoms with van der Waals surface area (Å²) in [6.45, 7) is 6.48. The standard InChI is InChI=1S/C18H24N4O2/c1-3-17(23)19-15-7-9-22(10-8-15)12-16-20-18(24-21-16)14-6-4-5-13(2)11-14/h4-6,11,15H,3,7-10,12H2,1-2H3,(H,19,23). The van der Waals surface area contributed by atoms with E-state index in [1.165, 1.54) is 5.56 Å². The quantitative estimate of drug-likeness (QED) is 0.913. The molecule has 0 aliphatic carbocycles. The van der Waals surface area contributed by atoms with Gasteiger partial charge in [0, 0.05) is 31.1 Å². The number of carbonyl (C=O) groups is 1. The minimum Gasteiger partial charge on any atom is -0.353 e. The SMILES string of the molecule is CCC(=O)NC1CCN(Cc2noc(-c3cccc(C)c3)n2)CC1. The first-order valence-corrected chi connectivity index (χ1v) is 8.55. The number of amides is 1. The summed E-state index contributed by atoms with van der Waals surface area (Å²) in [6, 6.07) is 8.35. The first-order valence-electron chi connectivity index (χ1n) is 8.55. The summed E-state index contributed by atoms with van der Waals surface area (Å²) in [4.78, 5) is 18.3. The van der Waals surface area contributed by atoms with Gasteiger partial charge >= 0.3 is 0 Å². The van der Waals surface area contributed by atoms with Crippen LogP contribution in [0.25, 0.3) is 11.5 Å². The van der Waals surface area contributed by atoms with Gasteiger partial charge in [-0.1, -0.05) is 29.8 Å². The summed E-state index contributed by atoms with van der Waals surface area (Å²) in [5.74, 6) is 1.41. The third-order valence-corrected chi connectivity index (χ3v) is 4.37. The van der Waals surface area contributed by atoms with Gasteiger partial charge in [-0.3, -0.25) is 9.69 Å². The molecule has 6 nitrogen and oxygen atoms in total. The van der Waals surface area contributed by atoms with Crippen molar-refractivity contribution < 1.29 is 9.32 Å². The van der Waals surface area contributed by atoms with Crippen molar-refractivity contribution in [3.05, 3.63) is 35.7 Å². The number of rotatable bonds is 5. The first-order chi connectivity index (χ1) is 11.6. The molecule has 1 aliphatic rings. The minimum atomic E-state index is 0.134. The van der Waals surface area contributed by atoms with Crippen molar-refractivity contribution >= 4 is 5.91 Å². The summed E-state index contributed by atoms with van der Waals surface area (Å²) >= 11 is 0. The lowest BCUT2D eigenvalue weighted by atomic mass is 10.0. The third-order valence-electron chi connectivity index (χ3n) is 4.37. The van der Waals surface area contributed by atoms with Crippen molar-refractivity contribution in [3.63, 3.8) is 0 Å². The van der Waals surface area contributed by atoms with Crippen molar-refractivity contribution in [2.45, 2.75) is 45.7 Å². The Kier molecular flexibility index (Phi) is 5.25. The predicted octanol–water partition coefficient (Wildman–Crippen LogP) is 2.54. The number of likely N-dealkylation sites (tertiary alicyclic amines) is 1. The molecule has 0 bridgehead atoms. The van der Waals surface area contributed by atoms with Crippen LogP contribution in [-0.4, -0.2) is 40.1 Å². The fourth-order valence-electron chi connectivity index (χ4n) is 2.98. The van der Waals surface area contributed by atoms with Gasteiger partial charge in [0.2, 0.25) is 5.91 Å². The topological polar surface area (TPSA) is 71.3 Å². The van der Waals surface area contributed by atoms with E-state index in [9.17, 15) is 4.79 Å². The van der Waals surface area contributed by atoms with Gasteiger partial charge in [-0.15, -0.1) is 0 Å². The number of aromatic nitrogens is 2. The Labute approximate surface area is 142 Å². The molecule has 1 amide bonds. The normalized spacial score (nSPS) is 16.2. The van der Waals surface area contributed by atoms with E-state index in [0.717, 1.165) is 31.5 Å². The fraction of sp³-hybridized carbons (Fsp3) is 0.500. The number of hydrogen-bond acceptors (Lipinski definition) is 5. The van der Waals surface area contributed by atoms with Crippen LogP contribution in [0.3, 0.4) is 0 Å². The zero-order valence-electron chi connectivity index (χ0n) is 14.3. The molecule has 0 atom stereocenters. The maximum atomic E-state index is 11.5. The van der Waals surface area contributed by atoms with Crippen LogP contribution in [0.2, 0.25) is 0 Å². The summed E-state index contributed by atoms with van der Waals surface area (Å²) in [7, 11) is 0. The first kappa shape index (κ1) is 16.6. The van der Waals surface area contributed by atoms with Gasteiger partial charge in [0.1, 0.15) is 0 Å². The van der Waals surface area contributed by atoms with Crippen LogP contribution >= 0.6 is 0 Å². The molecule has 128 valence electrons. The zero-order valence-corrected chi connectivity index (χ0v) is 14.3. The Morgan fingerprint density at radius 1 is 1.38 bits per heavy atom. The lowest BCUT2D eigenvalue weighted by molar-refractivity contribution is -0.121. The molecule has 1 aromatic carbocycles. The molecule has 2 aromatic rings. The van der Waals surface area contributed by atoms with Gasteiger partial charge in [-0.25, -0.2) is 0 Å². The van der Waals surface area contributed by atoms with E-state index in [4.69, 9.17) is 4.52 Å². The second-order valence-corrected chi connectivity index (χ2v) is 6.36. The van der Waals surface area contributed by atoms with E-state index in [-0.39, 0.29) is 5.91 Å². The molecule has 1 fully saturated rings. The van der Waals surface area contributed by atoms with Gasteiger partial charge in [-0.2, -0.15) is 4.98 Å². The van der Waals surface area contributed by atoms with Crippen LogP contribution in [0.5, 0.6) is 0 Å². The highest BCUT2D eigenvalue weighted by atomic mass is 16.5. The average Bonchev–Trinajstić information content (AvgIpc) is 3.05. The van der Waals surface area contributed by atoms with Crippen LogP contribution in [0.15, 0.2) is 28.8 Å². The number of carbonyl (C=O) groups excluding carboxylic acids is 1. The van der Waals surface area contributed by atoms with Crippen LogP contribution in [-0.2, 0) is 11.3 Å². The number of hydrogen-bond donors (Lipinski definition) is 1. The van der Waals surface area contributed by atoms with Crippen molar-refractivity contribution in [2.75, 3.05) is 13.1 Å². The molecule has 0 spiro atoms. The predicted molar refractivity (Wildman–Crippen MR) is 91.2 cm³/mol. The summed E-state index contributed by atoms with van der Waals surface area (Å²) in [5.41, 5.74) is 2.12. The molecule has 6 heteroatoms. The van der Waals surface area contributed by atoms with Crippen LogP contribution in [0.1, 0.15) is 37.6 Å². The Hall–Kier alpha value is -2.21. The van der Waals surface area contributed by atoms with E-state index in [0.29, 0.717) is 30.7 Å². The lowest BCUT2D eigenvalue weighted by Crippen LogP contribution is -2.44. The number of piperidine rings is 1. The van der Waals surface area contributed by atoms with E-state index in [2.05, 4.69) is 20.4 Å². The third kappa shape index (κ3) is 4.20. The van der Waals surface area contributed by atoms with Crippen LogP contribution in [0, 0.1) is 6.92 Å². The highest BCUT2D eigenvalue weighted by Gasteiger charge is 2.21. The molecule has 2 heterocycles. The minimum absolute atomic E-state index is 0.134. The van der Waals surface area contributed by atoms with E-state index < -0.39 is 0 Å². The van der Waals surface area contributed by atoms with Crippen molar-refractivity contribution in [2.24, 2.45) is 0 Å². The monoisotopic (exact) mass is 328 g/mol. The second kappa shape index (κ2) is 7.57. The molecule has 1 N–H and O–H groups in total. The number of nitrogens with zero attached hydrogens (tertiary/aromatic N) is 3. The van der Waals surface area contributed by atoms with Crippen molar-refractivity contribution in [1.82, 2.24) is 20.4 Å². The van der Waals surface area contributed by atoms with Gasteiger partial charge in [0.05, 0.1) is 6.54 Å². The Morgan fingerprint density at radius 3 is 2.88 bits per heavy atom. The molecule has 3 rings (SSSR count). The smallest absolute Gasteiger partial charge is 0.257 e. The van der Waals surface area contributed by atoms with Gasteiger partial charge < -0.3 is 9.84 Å². The fourth-order valence-corrected chi connectivity index (χ4v) is 2.98. The molecule has 1 saturated heterocycles. The number of benzene rings is 1. The van der Waals surface area contributed by atoms with Crippen LogP contribution in [0.4, 0.5) is 0 Å². The molecular weight excluding hydrogens is 304 g/mol. The maximum absolute atomic E-state index is 11.5. The van der Waals surface area contributed by atoms with E-state index in [1.54, 1.807) is 0 Å². The molecule has 0 saturated carbocycles. The molecule has 1 aliphatic heterocycles. The van der Waals surface area contributed by atoms with Crippen molar-refractivity contribution in [3.8, 4) is 11.5 Å². The van der Waals surface area contributed by atoms with Gasteiger partial charge in [0.25, 0.3) is 5.89 Å². The van der Waals surface area contributed by atoms with Gasteiger partial charge in [-0.05, 0) is 31.9 Å². The van der Waals surface area contributed by atoms with E-state index in [1.807, 2.05) is 38.1 Å². The lowest BCUT2D eigenvalue weighted by Gasteiger charge is -2.31. The molecule has 1 aromatic heterocycles. The summed E-state index contributed by atoms with van der Waals surface area (Å²) in [5, 5.41) is 7.17. The molecule has 0 unspecified atom stereocenters. The average molecular weight is 328 g/mol. The second-order valence-electron chi connectivity index (χ2n) is 6.36. The van der Waals surface area contributed by atoms with Gasteiger partial charge in [0.15, 0.2) is 5.82 Å². The zero-order chi connectivity index (χ0) is 16.9. The number of aryl methyl sites for hydroxylation is 1. The Morgan fingerprint density at radius 2 is 2.17 bits per heavy atom. The maximum Gasteiger partial charge on any atom is 0.257 e. The molecule has 24 heavy (non-hydrogen) atoms. The van der Waals surface area contributed by atoms with Crippen LogP contribution < -0.4 is 5.32 Å². The molecule has 0 radical (unpaired) electrons. The van der Waals surface area contributed by atoms with E-state index >= 15 is 0 Å².